The van der Waals surface area contributed by atoms with Crippen molar-refractivity contribution in [2.75, 3.05) is 6.61 Å². The van der Waals surface area contributed by atoms with Crippen molar-refractivity contribution in [3.63, 3.8) is 0 Å². The zero-order chi connectivity index (χ0) is 31.2. The predicted molar refractivity (Wildman–Crippen MR) is 182 cm³/mol. The first-order chi connectivity index (χ1) is 21.6. The molecule has 0 saturated heterocycles. The fourth-order valence-electron chi connectivity index (χ4n) is 5.39. The van der Waals surface area contributed by atoms with Crippen molar-refractivity contribution in [2.24, 2.45) is 5.10 Å². The summed E-state index contributed by atoms with van der Waals surface area (Å²) in [5.74, 6) is 0.491. The molecule has 6 heteroatoms. The van der Waals surface area contributed by atoms with Gasteiger partial charge in [0.25, 0.3) is 0 Å². The number of rotatable bonds is 22. The summed E-state index contributed by atoms with van der Waals surface area (Å²) in [5, 5.41) is 6.09. The summed E-state index contributed by atoms with van der Waals surface area (Å²) in [6, 6.07) is 18.3. The molecule has 0 heterocycles. The van der Waals surface area contributed by atoms with Crippen LogP contribution in [0.4, 0.5) is 0 Å². The third kappa shape index (κ3) is 12.9. The van der Waals surface area contributed by atoms with E-state index in [4.69, 9.17) is 9.47 Å². The molecule has 0 fully saturated rings. The SMILES string of the molecule is CCCCCCCCCCCCCCCCCC(=O)N/N=C/c1c(OC(=O)c2ccc(OCC)cc2)ccc2ccccc12. The molecule has 0 aliphatic carbocycles. The third-order valence-electron chi connectivity index (χ3n) is 7.92. The van der Waals surface area contributed by atoms with Gasteiger partial charge in [0.15, 0.2) is 0 Å². The van der Waals surface area contributed by atoms with Crippen LogP contribution in [0, 0.1) is 0 Å². The molecule has 0 bridgehead atoms. The highest BCUT2D eigenvalue weighted by Crippen LogP contribution is 2.28. The van der Waals surface area contributed by atoms with Crippen molar-refractivity contribution in [1.82, 2.24) is 5.43 Å². The predicted octanol–water partition coefficient (Wildman–Crippen LogP) is 10.2. The summed E-state index contributed by atoms with van der Waals surface area (Å²) in [6.07, 6.45) is 21.4. The summed E-state index contributed by atoms with van der Waals surface area (Å²) in [6.45, 7) is 4.74. The number of benzene rings is 3. The van der Waals surface area contributed by atoms with Crippen LogP contribution in [-0.2, 0) is 4.79 Å². The van der Waals surface area contributed by atoms with Crippen LogP contribution in [0.25, 0.3) is 10.8 Å². The molecule has 0 radical (unpaired) electrons. The lowest BCUT2D eigenvalue weighted by atomic mass is 10.0. The average Bonchev–Trinajstić information content (AvgIpc) is 3.04. The van der Waals surface area contributed by atoms with Crippen LogP contribution in [0.1, 0.15) is 133 Å². The molecular weight excluding hydrogens is 548 g/mol. The highest BCUT2D eigenvalue weighted by atomic mass is 16.5. The minimum Gasteiger partial charge on any atom is -0.494 e. The Hall–Kier alpha value is -3.67. The molecule has 44 heavy (non-hydrogen) atoms. The second-order valence-electron chi connectivity index (χ2n) is 11.5. The average molecular weight is 601 g/mol. The van der Waals surface area contributed by atoms with Crippen LogP contribution in [-0.4, -0.2) is 24.7 Å². The van der Waals surface area contributed by atoms with E-state index in [-0.39, 0.29) is 5.91 Å². The molecule has 3 rings (SSSR count). The highest BCUT2D eigenvalue weighted by molar-refractivity contribution is 6.04. The molecule has 0 unspecified atom stereocenters. The first-order valence-electron chi connectivity index (χ1n) is 16.9. The van der Waals surface area contributed by atoms with Crippen molar-refractivity contribution in [2.45, 2.75) is 117 Å². The topological polar surface area (TPSA) is 77.0 Å². The van der Waals surface area contributed by atoms with Gasteiger partial charge in [-0.1, -0.05) is 127 Å². The monoisotopic (exact) mass is 600 g/mol. The number of unbranched alkanes of at least 4 members (excludes halogenated alkanes) is 14. The van der Waals surface area contributed by atoms with E-state index in [1.807, 2.05) is 37.3 Å². The van der Waals surface area contributed by atoms with Crippen molar-refractivity contribution in [3.05, 3.63) is 71.8 Å². The van der Waals surface area contributed by atoms with Crippen molar-refractivity contribution in [3.8, 4) is 11.5 Å². The Bertz CT molecular complexity index is 1290. The van der Waals surface area contributed by atoms with Crippen LogP contribution in [0.5, 0.6) is 11.5 Å². The largest absolute Gasteiger partial charge is 0.494 e. The summed E-state index contributed by atoms with van der Waals surface area (Å²) < 4.78 is 11.2. The van der Waals surface area contributed by atoms with Crippen LogP contribution >= 0.6 is 0 Å². The van der Waals surface area contributed by atoms with E-state index < -0.39 is 5.97 Å². The van der Waals surface area contributed by atoms with Crippen LogP contribution in [0.2, 0.25) is 0 Å². The Balaban J connectivity index is 1.37. The minimum atomic E-state index is -0.477. The zero-order valence-electron chi connectivity index (χ0n) is 27.0. The molecule has 1 N–H and O–H groups in total. The molecular formula is C38H52N2O4. The number of carbonyl (C=O) groups is 2. The van der Waals surface area contributed by atoms with Gasteiger partial charge in [-0.15, -0.1) is 0 Å². The van der Waals surface area contributed by atoms with E-state index in [2.05, 4.69) is 17.5 Å². The van der Waals surface area contributed by atoms with Gasteiger partial charge in [-0.05, 0) is 54.4 Å². The smallest absolute Gasteiger partial charge is 0.343 e. The summed E-state index contributed by atoms with van der Waals surface area (Å²) in [4.78, 5) is 25.3. The van der Waals surface area contributed by atoms with Crippen molar-refractivity contribution in [1.29, 1.82) is 0 Å². The summed E-state index contributed by atoms with van der Waals surface area (Å²) in [7, 11) is 0. The van der Waals surface area contributed by atoms with E-state index in [0.29, 0.717) is 35.7 Å². The van der Waals surface area contributed by atoms with Gasteiger partial charge < -0.3 is 9.47 Å². The Morgan fingerprint density at radius 1 is 0.705 bits per heavy atom. The number of hydrogen-bond donors (Lipinski definition) is 1. The maximum absolute atomic E-state index is 12.9. The van der Waals surface area contributed by atoms with E-state index in [1.54, 1.807) is 36.5 Å². The van der Waals surface area contributed by atoms with Crippen LogP contribution in [0.15, 0.2) is 65.8 Å². The molecule has 238 valence electrons. The Kier molecular flexibility index (Phi) is 16.7. The lowest BCUT2D eigenvalue weighted by Gasteiger charge is -2.11. The molecule has 0 atom stereocenters. The molecule has 0 aliphatic heterocycles. The first-order valence-corrected chi connectivity index (χ1v) is 16.9. The van der Waals surface area contributed by atoms with E-state index in [0.717, 1.165) is 23.6 Å². The molecule has 1 amide bonds. The van der Waals surface area contributed by atoms with Crippen LogP contribution < -0.4 is 14.9 Å². The third-order valence-corrected chi connectivity index (χ3v) is 7.92. The summed E-state index contributed by atoms with van der Waals surface area (Å²) in [5.41, 5.74) is 3.70. The molecule has 0 spiro atoms. The van der Waals surface area contributed by atoms with Gasteiger partial charge in [0, 0.05) is 12.0 Å². The molecule has 6 nitrogen and oxygen atoms in total. The normalized spacial score (nSPS) is 11.2. The number of hydrogen-bond acceptors (Lipinski definition) is 5. The maximum atomic E-state index is 12.9. The van der Waals surface area contributed by atoms with Gasteiger partial charge in [0.05, 0.1) is 18.4 Å². The number of fused-ring (bicyclic) bond motifs is 1. The van der Waals surface area contributed by atoms with E-state index in [1.165, 1.54) is 83.5 Å². The first kappa shape index (κ1) is 34.8. The second kappa shape index (κ2) is 21.1. The molecule has 3 aromatic carbocycles. The van der Waals surface area contributed by atoms with Gasteiger partial charge in [0.1, 0.15) is 11.5 Å². The number of ether oxygens (including phenoxy) is 2. The number of nitrogens with one attached hydrogen (secondary N) is 1. The molecule has 0 saturated carbocycles. The lowest BCUT2D eigenvalue weighted by molar-refractivity contribution is -0.121. The second-order valence-corrected chi connectivity index (χ2v) is 11.5. The number of amides is 1. The fourth-order valence-corrected chi connectivity index (χ4v) is 5.39. The highest BCUT2D eigenvalue weighted by Gasteiger charge is 2.14. The standard InChI is InChI=1S/C38H52N2O4/c1-3-5-6-7-8-9-10-11-12-13-14-15-16-17-18-23-37(41)40-39-30-35-34-22-20-19-21-31(34)26-29-36(35)44-38(42)32-24-27-33(28-25-32)43-4-2/h19-22,24-30H,3-18,23H2,1-2H3,(H,40,41)/b39-30+. The molecule has 0 aromatic heterocycles. The Labute approximate surface area is 264 Å². The summed E-state index contributed by atoms with van der Waals surface area (Å²) >= 11 is 0. The minimum absolute atomic E-state index is 0.107. The number of nitrogens with zero attached hydrogens (tertiary/aromatic N) is 1. The van der Waals surface area contributed by atoms with E-state index >= 15 is 0 Å². The number of hydrazone groups is 1. The number of carbonyl (C=O) groups excluding carboxylic acids is 2. The van der Waals surface area contributed by atoms with Gasteiger partial charge in [-0.2, -0.15) is 5.10 Å². The fraction of sp³-hybridized carbons (Fsp3) is 0.500. The van der Waals surface area contributed by atoms with Gasteiger partial charge in [-0.3, -0.25) is 4.79 Å². The lowest BCUT2D eigenvalue weighted by Crippen LogP contribution is -2.17. The molecule has 3 aromatic rings. The van der Waals surface area contributed by atoms with Gasteiger partial charge in [0.2, 0.25) is 5.91 Å². The maximum Gasteiger partial charge on any atom is 0.343 e. The molecule has 0 aliphatic rings. The Morgan fingerprint density at radius 3 is 1.91 bits per heavy atom. The quantitative estimate of drug-likeness (QED) is 0.0409. The van der Waals surface area contributed by atoms with E-state index in [9.17, 15) is 9.59 Å². The van der Waals surface area contributed by atoms with Crippen LogP contribution in [0.3, 0.4) is 0 Å². The van der Waals surface area contributed by atoms with Gasteiger partial charge in [-0.25, -0.2) is 10.2 Å². The van der Waals surface area contributed by atoms with Gasteiger partial charge >= 0.3 is 5.97 Å². The number of esters is 1. The van der Waals surface area contributed by atoms with Crippen molar-refractivity contribution < 1.29 is 19.1 Å². The zero-order valence-corrected chi connectivity index (χ0v) is 27.0. The Morgan fingerprint density at radius 2 is 1.30 bits per heavy atom. The van der Waals surface area contributed by atoms with Crippen molar-refractivity contribution >= 4 is 28.9 Å².